The van der Waals surface area contributed by atoms with Gasteiger partial charge < -0.3 is 34.2 Å². The number of aromatic nitrogens is 2. The molecule has 2 aliphatic heterocycles. The van der Waals surface area contributed by atoms with Gasteiger partial charge in [0.1, 0.15) is 30.4 Å². The van der Waals surface area contributed by atoms with E-state index in [4.69, 9.17) is 14.2 Å². The van der Waals surface area contributed by atoms with Crippen LogP contribution in [0.5, 0.6) is 5.75 Å². The maximum absolute atomic E-state index is 14.6. The number of hydrogen-bond donors (Lipinski definition) is 2. The summed E-state index contributed by atoms with van der Waals surface area (Å²) < 4.78 is 17.0. The summed E-state index contributed by atoms with van der Waals surface area (Å²) >= 11 is 0. The largest absolute Gasteiger partial charge is 0.497 e. The van der Waals surface area contributed by atoms with Crippen LogP contribution in [0, 0.1) is 11.8 Å². The number of methoxy groups -OCH3 is 2. The van der Waals surface area contributed by atoms with E-state index in [2.05, 4.69) is 28.7 Å². The van der Waals surface area contributed by atoms with E-state index in [0.29, 0.717) is 50.8 Å². The smallest absolute Gasteiger partial charge is 0.237 e. The Morgan fingerprint density at radius 2 is 1.83 bits per heavy atom. The van der Waals surface area contributed by atoms with Crippen LogP contribution >= 0.6 is 0 Å². The number of nitrogens with zero attached hydrogens (tertiary/aromatic N) is 5. The fraction of sp³-hybridized carbons (Fsp3) is 0.667. The second-order valence-corrected chi connectivity index (χ2v) is 13.4. The summed E-state index contributed by atoms with van der Waals surface area (Å²) in [5.74, 6) is 0.789. The lowest BCUT2D eigenvalue weighted by molar-refractivity contribution is -0.140. The lowest BCUT2D eigenvalue weighted by atomic mass is 9.82. The summed E-state index contributed by atoms with van der Waals surface area (Å²) in [4.78, 5) is 42.1. The van der Waals surface area contributed by atoms with Crippen molar-refractivity contribution in [2.75, 3.05) is 66.7 Å². The fourth-order valence-electron chi connectivity index (χ4n) is 6.95. The zero-order valence-corrected chi connectivity index (χ0v) is 29.2. The van der Waals surface area contributed by atoms with Gasteiger partial charge in [-0.1, -0.05) is 26.0 Å². The molecule has 0 saturated carbocycles. The number of rotatable bonds is 7. The van der Waals surface area contributed by atoms with Crippen molar-refractivity contribution in [3.05, 3.63) is 54.1 Å². The Balaban J connectivity index is 1.68. The quantitative estimate of drug-likeness (QED) is 0.453. The van der Waals surface area contributed by atoms with E-state index in [0.717, 1.165) is 37.2 Å². The SMILES string of the molecule is COc1cccc([C@@H]2[C@@H](C(C)C)CN(C(C)=O)C[C@H](OC)[C@@H](O)[C@@H](O)COCCCCN2C(=O)CN2CCC(c3ccncn3)CC2)c1. The minimum atomic E-state index is -1.25. The number of hydrogen-bond acceptors (Lipinski definition) is 10. The molecule has 48 heavy (non-hydrogen) atoms. The molecule has 1 aromatic heterocycles. The molecule has 266 valence electrons. The van der Waals surface area contributed by atoms with Crippen molar-refractivity contribution in [1.29, 1.82) is 0 Å². The summed E-state index contributed by atoms with van der Waals surface area (Å²) in [7, 11) is 3.09. The maximum atomic E-state index is 14.6. The monoisotopic (exact) mass is 669 g/mol. The van der Waals surface area contributed by atoms with E-state index < -0.39 is 18.3 Å². The molecular formula is C36H55N5O7. The van der Waals surface area contributed by atoms with Gasteiger partial charge in [0.25, 0.3) is 0 Å². The lowest BCUT2D eigenvalue weighted by Gasteiger charge is -2.43. The highest BCUT2D eigenvalue weighted by Crippen LogP contribution is 2.37. The second-order valence-electron chi connectivity index (χ2n) is 13.4. The van der Waals surface area contributed by atoms with Gasteiger partial charge in [0.05, 0.1) is 26.3 Å². The summed E-state index contributed by atoms with van der Waals surface area (Å²) in [5, 5.41) is 21.6. The fourth-order valence-corrected chi connectivity index (χ4v) is 6.95. The van der Waals surface area contributed by atoms with Gasteiger partial charge in [-0.05, 0) is 68.5 Å². The molecule has 0 unspecified atom stereocenters. The first-order valence-corrected chi connectivity index (χ1v) is 17.3. The highest BCUT2D eigenvalue weighted by molar-refractivity contribution is 5.79. The molecule has 2 N–H and O–H groups in total. The van der Waals surface area contributed by atoms with E-state index >= 15 is 0 Å². The van der Waals surface area contributed by atoms with Crippen LogP contribution in [0.25, 0.3) is 0 Å². The van der Waals surface area contributed by atoms with Crippen LogP contribution < -0.4 is 4.74 Å². The van der Waals surface area contributed by atoms with Gasteiger partial charge in [0, 0.05) is 64.0 Å². The molecule has 2 saturated heterocycles. The highest BCUT2D eigenvalue weighted by atomic mass is 16.5. The molecule has 0 bridgehead atoms. The Morgan fingerprint density at radius 1 is 1.06 bits per heavy atom. The average molecular weight is 670 g/mol. The Morgan fingerprint density at radius 3 is 2.48 bits per heavy atom. The molecule has 12 nitrogen and oxygen atoms in total. The zero-order valence-electron chi connectivity index (χ0n) is 29.2. The standard InChI is InChI=1S/C36H55N5O7/c1-25(2)30-20-40(26(3)42)21-33(47-5)36(45)32(43)23-48-18-7-6-15-41(35(30)28-9-8-10-29(19-28)46-4)34(44)22-39-16-12-27(13-17-39)31-11-14-37-24-38-31/h8-11,14,19,24-25,27,30,32-33,35-36,43,45H,6-7,12-13,15-18,20-23H2,1-5H3/t30-,32+,33+,35-,36+/m1/s1. The van der Waals surface area contributed by atoms with Crippen molar-refractivity contribution in [2.45, 2.75) is 76.7 Å². The molecule has 5 atom stereocenters. The third-order valence-electron chi connectivity index (χ3n) is 9.90. The van der Waals surface area contributed by atoms with E-state index in [-0.39, 0.29) is 42.8 Å². The van der Waals surface area contributed by atoms with E-state index in [1.165, 1.54) is 14.0 Å². The lowest BCUT2D eigenvalue weighted by Crippen LogP contribution is -2.52. The van der Waals surface area contributed by atoms with Gasteiger partial charge in [-0.3, -0.25) is 14.5 Å². The van der Waals surface area contributed by atoms with Crippen LogP contribution in [0.1, 0.15) is 69.7 Å². The zero-order chi connectivity index (χ0) is 34.6. The Hall–Kier alpha value is -3.16. The third kappa shape index (κ3) is 10.2. The van der Waals surface area contributed by atoms with Crippen LogP contribution in [-0.2, 0) is 19.1 Å². The van der Waals surface area contributed by atoms with Gasteiger partial charge in [0.2, 0.25) is 11.8 Å². The molecule has 0 spiro atoms. The van der Waals surface area contributed by atoms with Gasteiger partial charge in [-0.25, -0.2) is 9.97 Å². The molecule has 3 heterocycles. The van der Waals surface area contributed by atoms with Gasteiger partial charge in [-0.2, -0.15) is 0 Å². The number of ether oxygens (including phenoxy) is 3. The Labute approximate surface area is 285 Å². The van der Waals surface area contributed by atoms with Crippen molar-refractivity contribution in [1.82, 2.24) is 24.7 Å². The van der Waals surface area contributed by atoms with Gasteiger partial charge >= 0.3 is 0 Å². The number of amides is 2. The van der Waals surface area contributed by atoms with E-state index in [1.807, 2.05) is 35.2 Å². The third-order valence-corrected chi connectivity index (χ3v) is 9.90. The second kappa shape index (κ2) is 18.6. The molecule has 0 aliphatic carbocycles. The number of carbonyl (C=O) groups excluding carboxylic acids is 2. The van der Waals surface area contributed by atoms with E-state index in [9.17, 15) is 19.8 Å². The molecule has 2 fully saturated rings. The first-order chi connectivity index (χ1) is 23.1. The average Bonchev–Trinajstić information content (AvgIpc) is 3.10. The number of carbonyl (C=O) groups is 2. The number of aliphatic hydroxyl groups is 2. The van der Waals surface area contributed by atoms with Crippen LogP contribution in [0.15, 0.2) is 42.9 Å². The van der Waals surface area contributed by atoms with Crippen molar-refractivity contribution in [3.63, 3.8) is 0 Å². The molecular weight excluding hydrogens is 614 g/mol. The molecule has 0 radical (unpaired) electrons. The molecule has 12 heteroatoms. The van der Waals surface area contributed by atoms with Gasteiger partial charge in [-0.15, -0.1) is 0 Å². The molecule has 1 aromatic carbocycles. The predicted molar refractivity (Wildman–Crippen MR) is 181 cm³/mol. The number of aliphatic hydroxyl groups excluding tert-OH is 2. The minimum Gasteiger partial charge on any atom is -0.497 e. The summed E-state index contributed by atoms with van der Waals surface area (Å²) in [5.41, 5.74) is 1.99. The maximum Gasteiger partial charge on any atom is 0.237 e. The topological polar surface area (TPSA) is 138 Å². The van der Waals surface area contributed by atoms with Crippen molar-refractivity contribution in [3.8, 4) is 5.75 Å². The van der Waals surface area contributed by atoms with Crippen LogP contribution in [0.3, 0.4) is 0 Å². The molecule has 4 rings (SSSR count). The van der Waals surface area contributed by atoms with Crippen LogP contribution in [0.4, 0.5) is 0 Å². The Bertz CT molecular complexity index is 1280. The molecule has 2 aliphatic rings. The van der Waals surface area contributed by atoms with E-state index in [1.54, 1.807) is 24.5 Å². The minimum absolute atomic E-state index is 0.0363. The van der Waals surface area contributed by atoms with Crippen LogP contribution in [-0.4, -0.2) is 132 Å². The normalized spacial score (nSPS) is 26.1. The van der Waals surface area contributed by atoms with Crippen molar-refractivity contribution >= 4 is 11.8 Å². The first kappa shape index (κ1) is 37.7. The number of benzene rings is 1. The van der Waals surface area contributed by atoms with Gasteiger partial charge in [0.15, 0.2) is 0 Å². The first-order valence-electron chi connectivity index (χ1n) is 17.3. The van der Waals surface area contributed by atoms with Crippen molar-refractivity contribution in [2.24, 2.45) is 11.8 Å². The highest BCUT2D eigenvalue weighted by Gasteiger charge is 2.38. The summed E-state index contributed by atoms with van der Waals surface area (Å²) in [6.07, 6.45) is 3.31. The summed E-state index contributed by atoms with van der Waals surface area (Å²) in [6, 6.07) is 9.46. The predicted octanol–water partition coefficient (Wildman–Crippen LogP) is 2.90. The molecule has 2 aromatic rings. The number of likely N-dealkylation sites (tertiary alicyclic amines) is 1. The summed E-state index contributed by atoms with van der Waals surface area (Å²) in [6.45, 7) is 8.81. The Kier molecular flexibility index (Phi) is 14.6. The number of piperidine rings is 1. The molecule has 2 amide bonds. The van der Waals surface area contributed by atoms with Crippen LogP contribution in [0.2, 0.25) is 0 Å². The van der Waals surface area contributed by atoms with Crippen molar-refractivity contribution < 1.29 is 34.0 Å².